The Morgan fingerprint density at radius 2 is 1.81 bits per heavy atom. The van der Waals surface area contributed by atoms with Crippen molar-refractivity contribution in [3.8, 4) is 0 Å². The molecule has 0 saturated heterocycles. The van der Waals surface area contributed by atoms with Crippen LogP contribution in [0.5, 0.6) is 0 Å². The van der Waals surface area contributed by atoms with Gasteiger partial charge in [0.1, 0.15) is 11.3 Å². The fraction of sp³-hybridized carbons (Fsp3) is 0.333. The summed E-state index contributed by atoms with van der Waals surface area (Å²) in [5.41, 5.74) is 3.67. The standard InChI is InChI=1S/C24H31N5O2/c1-17-20-10-5-6-11-21(20)31-22(17)16-28-24(25-2)27-15-18-8-7-9-19(14-18)23(30)26-12-13-29(3)4/h5-11,14H,12-13,15-16H2,1-4H3,(H,26,30)(H2,25,27,28). The number of benzene rings is 2. The molecule has 0 fully saturated rings. The molecule has 1 aromatic heterocycles. The molecule has 0 saturated carbocycles. The van der Waals surface area contributed by atoms with Gasteiger partial charge < -0.3 is 25.3 Å². The van der Waals surface area contributed by atoms with E-state index in [0.717, 1.165) is 34.4 Å². The first-order valence-electron chi connectivity index (χ1n) is 10.4. The van der Waals surface area contributed by atoms with Crippen molar-refractivity contribution in [2.24, 2.45) is 4.99 Å². The number of furan rings is 1. The van der Waals surface area contributed by atoms with Crippen LogP contribution in [0.2, 0.25) is 0 Å². The minimum atomic E-state index is -0.0634. The number of aryl methyl sites for hydroxylation is 1. The quantitative estimate of drug-likeness (QED) is 0.385. The third-order valence-electron chi connectivity index (χ3n) is 5.08. The molecular formula is C24H31N5O2. The maximum Gasteiger partial charge on any atom is 0.251 e. The van der Waals surface area contributed by atoms with Crippen LogP contribution in [-0.4, -0.2) is 51.0 Å². The third-order valence-corrected chi connectivity index (χ3v) is 5.08. The van der Waals surface area contributed by atoms with E-state index in [9.17, 15) is 4.79 Å². The summed E-state index contributed by atoms with van der Waals surface area (Å²) < 4.78 is 5.95. The van der Waals surface area contributed by atoms with Crippen LogP contribution < -0.4 is 16.0 Å². The number of nitrogens with one attached hydrogen (secondary N) is 3. The van der Waals surface area contributed by atoms with Crippen LogP contribution in [0.15, 0.2) is 57.9 Å². The minimum absolute atomic E-state index is 0.0634. The molecule has 2 aromatic carbocycles. The highest BCUT2D eigenvalue weighted by molar-refractivity contribution is 5.94. The van der Waals surface area contributed by atoms with E-state index in [-0.39, 0.29) is 5.91 Å². The number of carbonyl (C=O) groups excluding carboxylic acids is 1. The summed E-state index contributed by atoms with van der Waals surface area (Å²) >= 11 is 0. The molecule has 0 spiro atoms. The molecule has 1 amide bonds. The topological polar surface area (TPSA) is 81.9 Å². The molecule has 1 heterocycles. The Balaban J connectivity index is 1.54. The van der Waals surface area contributed by atoms with Crippen LogP contribution in [-0.2, 0) is 13.1 Å². The zero-order chi connectivity index (χ0) is 22.2. The van der Waals surface area contributed by atoms with Gasteiger partial charge in [0, 0.05) is 43.2 Å². The van der Waals surface area contributed by atoms with E-state index in [1.807, 2.05) is 61.5 Å². The highest BCUT2D eigenvalue weighted by atomic mass is 16.3. The van der Waals surface area contributed by atoms with Gasteiger partial charge in [-0.15, -0.1) is 0 Å². The first-order valence-corrected chi connectivity index (χ1v) is 10.4. The summed E-state index contributed by atoms with van der Waals surface area (Å²) in [6.07, 6.45) is 0. The molecule has 3 aromatic rings. The zero-order valence-electron chi connectivity index (χ0n) is 18.7. The number of amides is 1. The number of hydrogen-bond acceptors (Lipinski definition) is 4. The van der Waals surface area contributed by atoms with Gasteiger partial charge in [-0.1, -0.05) is 30.3 Å². The second kappa shape index (κ2) is 10.6. The molecule has 0 unspecified atom stereocenters. The van der Waals surface area contributed by atoms with E-state index in [2.05, 4.69) is 33.9 Å². The smallest absolute Gasteiger partial charge is 0.251 e. The molecule has 7 heteroatoms. The Kier molecular flexibility index (Phi) is 7.67. The minimum Gasteiger partial charge on any atom is -0.459 e. The van der Waals surface area contributed by atoms with E-state index < -0.39 is 0 Å². The number of para-hydroxylation sites is 1. The van der Waals surface area contributed by atoms with Gasteiger partial charge >= 0.3 is 0 Å². The average Bonchev–Trinajstić information content (AvgIpc) is 3.09. The maximum atomic E-state index is 12.3. The first-order chi connectivity index (χ1) is 15.0. The molecule has 0 aliphatic carbocycles. The molecule has 0 bridgehead atoms. The van der Waals surface area contributed by atoms with Gasteiger partial charge in [-0.25, -0.2) is 0 Å². The van der Waals surface area contributed by atoms with Gasteiger partial charge in [0.25, 0.3) is 5.91 Å². The summed E-state index contributed by atoms with van der Waals surface area (Å²) in [5.74, 6) is 1.49. The van der Waals surface area contributed by atoms with Gasteiger partial charge in [-0.05, 0) is 44.8 Å². The van der Waals surface area contributed by atoms with Crippen molar-refractivity contribution in [1.29, 1.82) is 0 Å². The normalized spacial score (nSPS) is 11.7. The number of hydrogen-bond donors (Lipinski definition) is 3. The lowest BCUT2D eigenvalue weighted by molar-refractivity contribution is 0.0951. The van der Waals surface area contributed by atoms with Gasteiger partial charge in [-0.2, -0.15) is 0 Å². The first kappa shape index (κ1) is 22.4. The van der Waals surface area contributed by atoms with Crippen molar-refractivity contribution < 1.29 is 9.21 Å². The van der Waals surface area contributed by atoms with Crippen molar-refractivity contribution in [2.45, 2.75) is 20.0 Å². The molecule has 3 N–H and O–H groups in total. The Labute approximate surface area is 183 Å². The SMILES string of the molecule is CN=C(NCc1cccc(C(=O)NCCN(C)C)c1)NCc1oc2ccccc2c1C. The lowest BCUT2D eigenvalue weighted by atomic mass is 10.1. The van der Waals surface area contributed by atoms with Crippen LogP contribution >= 0.6 is 0 Å². The zero-order valence-corrected chi connectivity index (χ0v) is 18.7. The maximum absolute atomic E-state index is 12.3. The highest BCUT2D eigenvalue weighted by Gasteiger charge is 2.11. The van der Waals surface area contributed by atoms with Crippen LogP contribution in [0.3, 0.4) is 0 Å². The summed E-state index contributed by atoms with van der Waals surface area (Å²) in [5, 5.41) is 10.7. The van der Waals surface area contributed by atoms with Crippen molar-refractivity contribution in [1.82, 2.24) is 20.9 Å². The fourth-order valence-corrected chi connectivity index (χ4v) is 3.28. The molecular weight excluding hydrogens is 390 g/mol. The number of carbonyl (C=O) groups is 1. The second-order valence-corrected chi connectivity index (χ2v) is 7.69. The van der Waals surface area contributed by atoms with Crippen LogP contribution in [0.1, 0.15) is 27.2 Å². The summed E-state index contributed by atoms with van der Waals surface area (Å²) in [7, 11) is 5.69. The summed E-state index contributed by atoms with van der Waals surface area (Å²) in [6, 6.07) is 15.6. The monoisotopic (exact) mass is 421 g/mol. The molecule has 31 heavy (non-hydrogen) atoms. The molecule has 0 atom stereocenters. The third kappa shape index (κ3) is 6.08. The molecule has 3 rings (SSSR count). The van der Waals surface area contributed by atoms with E-state index in [0.29, 0.717) is 31.2 Å². The van der Waals surface area contributed by atoms with E-state index in [4.69, 9.17) is 4.42 Å². The van der Waals surface area contributed by atoms with Crippen molar-refractivity contribution >= 4 is 22.8 Å². The Bertz CT molecular complexity index is 1060. The Morgan fingerprint density at radius 1 is 1.03 bits per heavy atom. The number of aliphatic imine (C=N–C) groups is 1. The number of likely N-dealkylation sites (N-methyl/N-ethyl adjacent to an activating group) is 1. The Morgan fingerprint density at radius 3 is 2.55 bits per heavy atom. The molecule has 0 aliphatic heterocycles. The highest BCUT2D eigenvalue weighted by Crippen LogP contribution is 2.24. The van der Waals surface area contributed by atoms with Crippen molar-refractivity contribution in [3.63, 3.8) is 0 Å². The Hall–Kier alpha value is -3.32. The lowest BCUT2D eigenvalue weighted by Gasteiger charge is -2.13. The lowest BCUT2D eigenvalue weighted by Crippen LogP contribution is -2.36. The average molecular weight is 422 g/mol. The van der Waals surface area contributed by atoms with Crippen LogP contribution in [0, 0.1) is 6.92 Å². The number of guanidine groups is 1. The van der Waals surface area contributed by atoms with Crippen molar-refractivity contribution in [2.75, 3.05) is 34.2 Å². The summed E-state index contributed by atoms with van der Waals surface area (Å²) in [6.45, 7) is 4.58. The number of nitrogens with zero attached hydrogens (tertiary/aromatic N) is 2. The largest absolute Gasteiger partial charge is 0.459 e. The predicted molar refractivity (Wildman–Crippen MR) is 125 cm³/mol. The van der Waals surface area contributed by atoms with Gasteiger partial charge in [-0.3, -0.25) is 9.79 Å². The van der Waals surface area contributed by atoms with E-state index >= 15 is 0 Å². The molecule has 0 radical (unpaired) electrons. The number of fused-ring (bicyclic) bond motifs is 1. The molecule has 0 aliphatic rings. The van der Waals surface area contributed by atoms with Crippen LogP contribution in [0.25, 0.3) is 11.0 Å². The predicted octanol–water partition coefficient (Wildman–Crippen LogP) is 2.90. The fourth-order valence-electron chi connectivity index (χ4n) is 3.28. The summed E-state index contributed by atoms with van der Waals surface area (Å²) in [4.78, 5) is 18.7. The van der Waals surface area contributed by atoms with Crippen molar-refractivity contribution in [3.05, 3.63) is 71.0 Å². The molecule has 164 valence electrons. The van der Waals surface area contributed by atoms with E-state index in [1.54, 1.807) is 7.05 Å². The van der Waals surface area contributed by atoms with Gasteiger partial charge in [0.05, 0.1) is 6.54 Å². The van der Waals surface area contributed by atoms with Gasteiger partial charge in [0.2, 0.25) is 0 Å². The second-order valence-electron chi connectivity index (χ2n) is 7.69. The van der Waals surface area contributed by atoms with Crippen LogP contribution in [0.4, 0.5) is 0 Å². The van der Waals surface area contributed by atoms with Gasteiger partial charge in [0.15, 0.2) is 5.96 Å². The number of rotatable bonds is 8. The van der Waals surface area contributed by atoms with E-state index in [1.165, 1.54) is 0 Å². The molecule has 7 nitrogen and oxygen atoms in total.